The van der Waals surface area contributed by atoms with Crippen molar-refractivity contribution in [3.8, 4) is 0 Å². The second-order valence-electron chi connectivity index (χ2n) is 7.11. The van der Waals surface area contributed by atoms with Gasteiger partial charge in [-0.15, -0.1) is 0 Å². The van der Waals surface area contributed by atoms with E-state index in [0.717, 1.165) is 66.1 Å². The number of carbonyl (C=O) groups is 1. The van der Waals surface area contributed by atoms with E-state index in [0.29, 0.717) is 0 Å². The van der Waals surface area contributed by atoms with E-state index in [1.165, 1.54) is 5.56 Å². The minimum absolute atomic E-state index is 0.128. The van der Waals surface area contributed by atoms with Crippen LogP contribution in [0, 0.1) is 5.92 Å². The summed E-state index contributed by atoms with van der Waals surface area (Å²) in [5.74, 6) is 2.18. The third-order valence-corrected chi connectivity index (χ3v) is 6.69. The molecule has 150 valence electrons. The summed E-state index contributed by atoms with van der Waals surface area (Å²) in [6.07, 6.45) is 1.82. The predicted molar refractivity (Wildman–Crippen MR) is 120 cm³/mol. The summed E-state index contributed by atoms with van der Waals surface area (Å²) < 4.78 is 0. The molecule has 2 aromatic carbocycles. The Balaban J connectivity index is 1.30. The van der Waals surface area contributed by atoms with Gasteiger partial charge in [0.1, 0.15) is 0 Å². The van der Waals surface area contributed by atoms with Crippen molar-refractivity contribution in [1.29, 1.82) is 0 Å². The minimum atomic E-state index is 0.128. The summed E-state index contributed by atoms with van der Waals surface area (Å²) in [5, 5.41) is 4.68. The quantitative estimate of drug-likeness (QED) is 0.573. The van der Waals surface area contributed by atoms with Crippen LogP contribution < -0.4 is 5.32 Å². The van der Waals surface area contributed by atoms with Gasteiger partial charge in [-0.25, -0.2) is 0 Å². The average Bonchev–Trinajstić information content (AvgIpc) is 2.71. The zero-order valence-corrected chi connectivity index (χ0v) is 18.2. The molecule has 28 heavy (non-hydrogen) atoms. The van der Waals surface area contributed by atoms with Crippen LogP contribution in [0.3, 0.4) is 0 Å². The number of nitrogens with zero attached hydrogens (tertiary/aromatic N) is 1. The van der Waals surface area contributed by atoms with E-state index in [2.05, 4.69) is 16.3 Å². The second-order valence-corrected chi connectivity index (χ2v) is 9.06. The highest BCUT2D eigenvalue weighted by Crippen LogP contribution is 2.22. The van der Waals surface area contributed by atoms with E-state index in [9.17, 15) is 4.79 Å². The summed E-state index contributed by atoms with van der Waals surface area (Å²) >= 11 is 14.0. The van der Waals surface area contributed by atoms with Crippen molar-refractivity contribution in [2.75, 3.05) is 25.4 Å². The molecule has 1 N–H and O–H groups in total. The van der Waals surface area contributed by atoms with Gasteiger partial charge in [0.05, 0.1) is 0 Å². The fourth-order valence-electron chi connectivity index (χ4n) is 3.38. The Labute approximate surface area is 181 Å². The normalized spacial score (nSPS) is 15.5. The van der Waals surface area contributed by atoms with Crippen LogP contribution in [0.2, 0.25) is 10.0 Å². The lowest BCUT2D eigenvalue weighted by atomic mass is 9.95. The molecule has 0 spiro atoms. The number of hydrogen-bond acceptors (Lipinski definition) is 3. The maximum absolute atomic E-state index is 12.4. The first kappa shape index (κ1) is 21.5. The molecule has 6 heteroatoms. The molecular weight excluding hydrogens is 411 g/mol. The average molecular weight is 437 g/mol. The van der Waals surface area contributed by atoms with Gasteiger partial charge in [0.15, 0.2) is 0 Å². The van der Waals surface area contributed by atoms with Gasteiger partial charge in [0, 0.05) is 40.6 Å². The smallest absolute Gasteiger partial charge is 0.223 e. The lowest BCUT2D eigenvalue weighted by molar-refractivity contribution is -0.126. The van der Waals surface area contributed by atoms with Gasteiger partial charge >= 0.3 is 0 Å². The summed E-state index contributed by atoms with van der Waals surface area (Å²) in [7, 11) is 0. The van der Waals surface area contributed by atoms with Gasteiger partial charge in [-0.3, -0.25) is 9.69 Å². The predicted octanol–water partition coefficient (Wildman–Crippen LogP) is 5.26. The van der Waals surface area contributed by atoms with Crippen LogP contribution in [0.15, 0.2) is 48.5 Å². The van der Waals surface area contributed by atoms with Crippen LogP contribution in [0.4, 0.5) is 0 Å². The van der Waals surface area contributed by atoms with Crippen LogP contribution >= 0.6 is 35.0 Å². The Kier molecular flexibility index (Phi) is 8.53. The first-order chi connectivity index (χ1) is 13.6. The lowest BCUT2D eigenvalue weighted by Gasteiger charge is -2.31. The van der Waals surface area contributed by atoms with Gasteiger partial charge in [-0.1, -0.05) is 53.5 Å². The Morgan fingerprint density at radius 2 is 1.79 bits per heavy atom. The molecule has 1 saturated heterocycles. The number of thioether (sulfide) groups is 1. The lowest BCUT2D eigenvalue weighted by Crippen LogP contribution is -2.40. The Bertz CT molecular complexity index is 761. The molecule has 0 atom stereocenters. The molecule has 3 rings (SSSR count). The van der Waals surface area contributed by atoms with E-state index < -0.39 is 0 Å². The zero-order chi connectivity index (χ0) is 19.8. The van der Waals surface area contributed by atoms with Crippen molar-refractivity contribution in [3.63, 3.8) is 0 Å². The SMILES string of the molecule is O=C(NCCSCc1ccc(Cl)cc1)C1CCN(Cc2ccccc2Cl)CC1. The number of rotatable bonds is 8. The zero-order valence-electron chi connectivity index (χ0n) is 15.9. The van der Waals surface area contributed by atoms with E-state index in [1.54, 1.807) is 0 Å². The van der Waals surface area contributed by atoms with E-state index >= 15 is 0 Å². The third-order valence-electron chi connectivity index (χ3n) is 5.04. The molecule has 0 aromatic heterocycles. The summed E-state index contributed by atoms with van der Waals surface area (Å²) in [4.78, 5) is 14.8. The van der Waals surface area contributed by atoms with Gasteiger partial charge in [-0.05, 0) is 55.3 Å². The number of likely N-dealkylation sites (tertiary alicyclic amines) is 1. The Morgan fingerprint density at radius 3 is 2.50 bits per heavy atom. The first-order valence-electron chi connectivity index (χ1n) is 9.67. The van der Waals surface area contributed by atoms with Gasteiger partial charge in [-0.2, -0.15) is 11.8 Å². The van der Waals surface area contributed by atoms with Gasteiger partial charge in [0.2, 0.25) is 5.91 Å². The molecule has 1 amide bonds. The molecule has 2 aromatic rings. The molecule has 1 fully saturated rings. The summed E-state index contributed by atoms with van der Waals surface area (Å²) in [6.45, 7) is 3.45. The summed E-state index contributed by atoms with van der Waals surface area (Å²) in [6, 6.07) is 15.9. The monoisotopic (exact) mass is 436 g/mol. The number of amides is 1. The molecule has 1 aliphatic rings. The largest absolute Gasteiger partial charge is 0.355 e. The number of benzene rings is 2. The number of nitrogens with one attached hydrogen (secondary N) is 1. The Morgan fingerprint density at radius 1 is 1.07 bits per heavy atom. The molecule has 0 radical (unpaired) electrons. The van der Waals surface area contributed by atoms with E-state index in [4.69, 9.17) is 23.2 Å². The van der Waals surface area contributed by atoms with Crippen molar-refractivity contribution in [2.45, 2.75) is 25.1 Å². The molecular formula is C22H26Cl2N2OS. The van der Waals surface area contributed by atoms with Crippen molar-refractivity contribution in [2.24, 2.45) is 5.92 Å². The molecule has 3 nitrogen and oxygen atoms in total. The van der Waals surface area contributed by atoms with Crippen LogP contribution in [-0.2, 0) is 17.1 Å². The molecule has 0 saturated carbocycles. The second kappa shape index (κ2) is 11.1. The van der Waals surface area contributed by atoms with Gasteiger partial charge < -0.3 is 5.32 Å². The standard InChI is InChI=1S/C22H26Cl2N2OS/c23-20-7-5-17(6-8-20)16-28-14-11-25-22(27)18-9-12-26(13-10-18)15-19-3-1-2-4-21(19)24/h1-8,18H,9-16H2,(H,25,27). The summed E-state index contributed by atoms with van der Waals surface area (Å²) in [5.41, 5.74) is 2.41. The van der Waals surface area contributed by atoms with Crippen LogP contribution in [0.5, 0.6) is 0 Å². The fourth-order valence-corrected chi connectivity index (χ4v) is 4.52. The number of halogens is 2. The highest BCUT2D eigenvalue weighted by molar-refractivity contribution is 7.98. The molecule has 0 aliphatic carbocycles. The topological polar surface area (TPSA) is 32.3 Å². The van der Waals surface area contributed by atoms with Crippen LogP contribution in [0.25, 0.3) is 0 Å². The minimum Gasteiger partial charge on any atom is -0.355 e. The maximum Gasteiger partial charge on any atom is 0.223 e. The molecule has 1 heterocycles. The number of piperidine rings is 1. The van der Waals surface area contributed by atoms with Crippen molar-refractivity contribution in [3.05, 3.63) is 69.7 Å². The Hall–Kier alpha value is -1.20. The highest BCUT2D eigenvalue weighted by atomic mass is 35.5. The molecule has 0 unspecified atom stereocenters. The van der Waals surface area contributed by atoms with Crippen LogP contribution in [0.1, 0.15) is 24.0 Å². The maximum atomic E-state index is 12.4. The van der Waals surface area contributed by atoms with Gasteiger partial charge in [0.25, 0.3) is 0 Å². The number of hydrogen-bond donors (Lipinski definition) is 1. The van der Waals surface area contributed by atoms with Crippen molar-refractivity contribution in [1.82, 2.24) is 10.2 Å². The number of carbonyl (C=O) groups excluding carboxylic acids is 1. The van der Waals surface area contributed by atoms with Crippen molar-refractivity contribution >= 4 is 40.9 Å². The van der Waals surface area contributed by atoms with Crippen LogP contribution in [-0.4, -0.2) is 36.2 Å². The fraction of sp³-hybridized carbons (Fsp3) is 0.409. The van der Waals surface area contributed by atoms with E-state index in [-0.39, 0.29) is 11.8 Å². The first-order valence-corrected chi connectivity index (χ1v) is 11.6. The van der Waals surface area contributed by atoms with Crippen molar-refractivity contribution < 1.29 is 4.79 Å². The third kappa shape index (κ3) is 6.70. The van der Waals surface area contributed by atoms with E-state index in [1.807, 2.05) is 54.2 Å². The molecule has 1 aliphatic heterocycles. The molecule has 0 bridgehead atoms. The highest BCUT2D eigenvalue weighted by Gasteiger charge is 2.24.